The van der Waals surface area contributed by atoms with Gasteiger partial charge in [0.25, 0.3) is 0 Å². The van der Waals surface area contributed by atoms with E-state index < -0.39 is 0 Å². The smallest absolute Gasteiger partial charge is 0.123 e. The van der Waals surface area contributed by atoms with Gasteiger partial charge in [-0.3, -0.25) is 0 Å². The highest BCUT2D eigenvalue weighted by Crippen LogP contribution is 2.26. The summed E-state index contributed by atoms with van der Waals surface area (Å²) in [4.78, 5) is 1.10. The van der Waals surface area contributed by atoms with Gasteiger partial charge in [0.15, 0.2) is 0 Å². The van der Waals surface area contributed by atoms with Crippen molar-refractivity contribution in [3.63, 3.8) is 0 Å². The lowest BCUT2D eigenvalue weighted by Gasteiger charge is -2.20. The maximum absolute atomic E-state index is 12.9. The van der Waals surface area contributed by atoms with E-state index in [1.54, 1.807) is 11.8 Å². The minimum atomic E-state index is -0.184. The number of aryl methyl sites for hydroxylation is 1. The zero-order valence-electron chi connectivity index (χ0n) is 11.9. The van der Waals surface area contributed by atoms with Crippen LogP contribution in [0.2, 0.25) is 0 Å². The van der Waals surface area contributed by atoms with Crippen LogP contribution in [0.1, 0.15) is 24.1 Å². The number of hydrogen-bond acceptors (Lipinski definition) is 2. The van der Waals surface area contributed by atoms with Crippen molar-refractivity contribution in [2.45, 2.75) is 24.8 Å². The van der Waals surface area contributed by atoms with Crippen molar-refractivity contribution in [2.75, 3.05) is 12.3 Å². The summed E-state index contributed by atoms with van der Waals surface area (Å²) in [5.41, 5.74) is 2.64. The molecule has 0 saturated heterocycles. The minimum Gasteiger partial charge on any atom is -0.309 e. The van der Waals surface area contributed by atoms with Crippen molar-refractivity contribution in [1.29, 1.82) is 0 Å². The highest BCUT2D eigenvalue weighted by Gasteiger charge is 2.12. The van der Waals surface area contributed by atoms with E-state index in [-0.39, 0.29) is 5.82 Å². The molecule has 20 heavy (non-hydrogen) atoms. The lowest BCUT2D eigenvalue weighted by atomic mass is 10.0. The summed E-state index contributed by atoms with van der Waals surface area (Å²) in [7, 11) is 0. The molecular weight excluding hydrogens is 269 g/mol. The zero-order valence-corrected chi connectivity index (χ0v) is 12.7. The van der Waals surface area contributed by atoms with Gasteiger partial charge < -0.3 is 5.32 Å². The molecule has 2 aromatic rings. The van der Waals surface area contributed by atoms with Crippen LogP contribution in [-0.2, 0) is 0 Å². The quantitative estimate of drug-likeness (QED) is 0.781. The van der Waals surface area contributed by atoms with E-state index in [0.29, 0.717) is 6.04 Å². The standard InChI is InChI=1S/C17H20FNS/c1-3-19-17(16-7-5-4-6-13(16)2)12-20-15-10-8-14(18)9-11-15/h4-11,17,19H,3,12H2,1-2H3. The lowest BCUT2D eigenvalue weighted by molar-refractivity contribution is 0.603. The maximum atomic E-state index is 12.9. The Balaban J connectivity index is 2.06. The third-order valence-corrected chi connectivity index (χ3v) is 4.35. The largest absolute Gasteiger partial charge is 0.309 e. The second kappa shape index (κ2) is 7.46. The van der Waals surface area contributed by atoms with Crippen LogP contribution < -0.4 is 5.32 Å². The Morgan fingerprint density at radius 3 is 2.45 bits per heavy atom. The van der Waals surface area contributed by atoms with Crippen LogP contribution in [0.25, 0.3) is 0 Å². The van der Waals surface area contributed by atoms with Gasteiger partial charge in [-0.2, -0.15) is 0 Å². The highest BCUT2D eigenvalue weighted by atomic mass is 32.2. The first-order valence-electron chi connectivity index (χ1n) is 6.88. The third kappa shape index (κ3) is 4.09. The first-order valence-corrected chi connectivity index (χ1v) is 7.86. The second-order valence-corrected chi connectivity index (χ2v) is 5.83. The molecule has 1 unspecified atom stereocenters. The zero-order chi connectivity index (χ0) is 14.4. The van der Waals surface area contributed by atoms with Crippen molar-refractivity contribution in [3.05, 3.63) is 65.5 Å². The lowest BCUT2D eigenvalue weighted by Crippen LogP contribution is -2.23. The van der Waals surface area contributed by atoms with Crippen LogP contribution in [0, 0.1) is 12.7 Å². The first kappa shape index (κ1) is 15.1. The molecule has 0 aromatic heterocycles. The molecule has 0 spiro atoms. The van der Waals surface area contributed by atoms with Crippen molar-refractivity contribution < 1.29 is 4.39 Å². The second-order valence-electron chi connectivity index (χ2n) is 4.73. The summed E-state index contributed by atoms with van der Waals surface area (Å²) in [5.74, 6) is 0.751. The summed E-state index contributed by atoms with van der Waals surface area (Å²) in [6.45, 7) is 5.19. The van der Waals surface area contributed by atoms with E-state index in [9.17, 15) is 4.39 Å². The summed E-state index contributed by atoms with van der Waals surface area (Å²) in [6.07, 6.45) is 0. The Labute approximate surface area is 124 Å². The first-order chi connectivity index (χ1) is 9.70. The summed E-state index contributed by atoms with van der Waals surface area (Å²) in [5, 5.41) is 3.53. The summed E-state index contributed by atoms with van der Waals surface area (Å²) >= 11 is 1.75. The molecule has 0 radical (unpaired) electrons. The number of thioether (sulfide) groups is 1. The van der Waals surface area contributed by atoms with Crippen LogP contribution in [0.3, 0.4) is 0 Å². The molecule has 0 saturated carbocycles. The monoisotopic (exact) mass is 289 g/mol. The van der Waals surface area contributed by atoms with E-state index in [0.717, 1.165) is 17.2 Å². The summed E-state index contributed by atoms with van der Waals surface area (Å²) in [6, 6.07) is 15.5. The van der Waals surface area contributed by atoms with Gasteiger partial charge in [-0.05, 0) is 48.9 Å². The molecule has 1 nitrogen and oxygen atoms in total. The van der Waals surface area contributed by atoms with Crippen molar-refractivity contribution in [2.24, 2.45) is 0 Å². The van der Waals surface area contributed by atoms with E-state index in [1.807, 2.05) is 12.1 Å². The number of halogens is 1. The average Bonchev–Trinajstić information content (AvgIpc) is 2.46. The Kier molecular flexibility index (Phi) is 5.62. The molecule has 2 aromatic carbocycles. The Morgan fingerprint density at radius 2 is 1.80 bits per heavy atom. The molecule has 0 amide bonds. The number of hydrogen-bond donors (Lipinski definition) is 1. The molecule has 0 heterocycles. The van der Waals surface area contributed by atoms with Crippen LogP contribution >= 0.6 is 11.8 Å². The highest BCUT2D eigenvalue weighted by molar-refractivity contribution is 7.99. The molecule has 0 aliphatic heterocycles. The SMILES string of the molecule is CCNC(CSc1ccc(F)cc1)c1ccccc1C. The van der Waals surface area contributed by atoms with Gasteiger partial charge in [-0.25, -0.2) is 4.39 Å². The fourth-order valence-electron chi connectivity index (χ4n) is 2.19. The number of nitrogens with one attached hydrogen (secondary N) is 1. The molecular formula is C17H20FNS. The van der Waals surface area contributed by atoms with Crippen LogP contribution in [0.5, 0.6) is 0 Å². The Hall–Kier alpha value is -1.32. The topological polar surface area (TPSA) is 12.0 Å². The third-order valence-electron chi connectivity index (χ3n) is 3.24. The van der Waals surface area contributed by atoms with Crippen LogP contribution in [0.15, 0.2) is 53.4 Å². The van der Waals surface area contributed by atoms with Gasteiger partial charge in [0.05, 0.1) is 0 Å². The van der Waals surface area contributed by atoms with E-state index >= 15 is 0 Å². The van der Waals surface area contributed by atoms with E-state index in [2.05, 4.69) is 43.4 Å². The molecule has 0 aliphatic carbocycles. The van der Waals surface area contributed by atoms with Crippen molar-refractivity contribution in [3.8, 4) is 0 Å². The van der Waals surface area contributed by atoms with Gasteiger partial charge >= 0.3 is 0 Å². The average molecular weight is 289 g/mol. The number of rotatable bonds is 6. The van der Waals surface area contributed by atoms with E-state index in [1.165, 1.54) is 23.3 Å². The fraction of sp³-hybridized carbons (Fsp3) is 0.294. The predicted molar refractivity (Wildman–Crippen MR) is 84.7 cm³/mol. The molecule has 1 atom stereocenters. The van der Waals surface area contributed by atoms with Gasteiger partial charge in [-0.1, -0.05) is 31.2 Å². The van der Waals surface area contributed by atoms with Crippen molar-refractivity contribution >= 4 is 11.8 Å². The molecule has 0 bridgehead atoms. The van der Waals surface area contributed by atoms with Crippen LogP contribution in [-0.4, -0.2) is 12.3 Å². The molecule has 0 aliphatic rings. The Bertz CT molecular complexity index is 539. The molecule has 2 rings (SSSR count). The molecule has 106 valence electrons. The van der Waals surface area contributed by atoms with Gasteiger partial charge in [0.1, 0.15) is 5.82 Å². The van der Waals surface area contributed by atoms with Gasteiger partial charge in [-0.15, -0.1) is 11.8 Å². The van der Waals surface area contributed by atoms with Crippen molar-refractivity contribution in [1.82, 2.24) is 5.32 Å². The summed E-state index contributed by atoms with van der Waals surface area (Å²) < 4.78 is 12.9. The van der Waals surface area contributed by atoms with E-state index in [4.69, 9.17) is 0 Å². The molecule has 0 fully saturated rings. The molecule has 3 heteroatoms. The maximum Gasteiger partial charge on any atom is 0.123 e. The Morgan fingerprint density at radius 1 is 1.10 bits per heavy atom. The number of benzene rings is 2. The predicted octanol–water partition coefficient (Wildman–Crippen LogP) is 4.58. The van der Waals surface area contributed by atoms with Gasteiger partial charge in [0, 0.05) is 16.7 Å². The van der Waals surface area contributed by atoms with Gasteiger partial charge in [0.2, 0.25) is 0 Å². The van der Waals surface area contributed by atoms with Crippen LogP contribution in [0.4, 0.5) is 4.39 Å². The normalized spacial score (nSPS) is 12.3. The molecule has 1 N–H and O–H groups in total. The minimum absolute atomic E-state index is 0.184. The fourth-order valence-corrected chi connectivity index (χ4v) is 3.18.